The second-order valence-corrected chi connectivity index (χ2v) is 6.43. The van der Waals surface area contributed by atoms with E-state index in [0.29, 0.717) is 11.7 Å². The first kappa shape index (κ1) is 13.9. The van der Waals surface area contributed by atoms with Gasteiger partial charge in [-0.05, 0) is 24.1 Å². The van der Waals surface area contributed by atoms with Gasteiger partial charge in [-0.25, -0.2) is 0 Å². The highest BCUT2D eigenvalue weighted by atomic mass is 79.9. The summed E-state index contributed by atoms with van der Waals surface area (Å²) in [5.74, 6) is 0.946. The molecule has 0 heterocycles. The molecular weight excluding hydrogens is 286 g/mol. The zero-order valence-corrected chi connectivity index (χ0v) is 12.1. The second kappa shape index (κ2) is 6.52. The number of hydrogen-bond acceptors (Lipinski definition) is 2. The molecule has 0 radical (unpaired) electrons. The van der Waals surface area contributed by atoms with E-state index in [4.69, 9.17) is 5.73 Å². The smallest absolute Gasteiger partial charge is 0.0545 e. The summed E-state index contributed by atoms with van der Waals surface area (Å²) in [4.78, 5) is 0.841. The van der Waals surface area contributed by atoms with E-state index in [1.807, 2.05) is 24.3 Å². The highest BCUT2D eigenvalue weighted by molar-refractivity contribution is 9.10. The molecule has 1 rings (SSSR count). The minimum Gasteiger partial charge on any atom is -0.327 e. The fourth-order valence-corrected chi connectivity index (χ4v) is 3.26. The van der Waals surface area contributed by atoms with Crippen LogP contribution in [0.4, 0.5) is 0 Å². The van der Waals surface area contributed by atoms with Gasteiger partial charge in [-0.1, -0.05) is 42.3 Å². The molecule has 0 aliphatic rings. The fourth-order valence-electron chi connectivity index (χ4n) is 1.35. The summed E-state index contributed by atoms with van der Waals surface area (Å²) in [5.41, 5.74) is 6.00. The van der Waals surface area contributed by atoms with Crippen molar-refractivity contribution in [3.05, 3.63) is 28.7 Å². The summed E-state index contributed by atoms with van der Waals surface area (Å²) >= 11 is 3.37. The Kier molecular flexibility index (Phi) is 5.66. The summed E-state index contributed by atoms with van der Waals surface area (Å²) < 4.78 is 13.0. The van der Waals surface area contributed by atoms with Crippen molar-refractivity contribution in [2.24, 2.45) is 11.7 Å². The lowest BCUT2D eigenvalue weighted by Crippen LogP contribution is -2.33. The summed E-state index contributed by atoms with van der Waals surface area (Å²) in [5, 5.41) is 0. The molecule has 0 bridgehead atoms. The van der Waals surface area contributed by atoms with Crippen LogP contribution in [0.5, 0.6) is 0 Å². The Labute approximate surface area is 108 Å². The van der Waals surface area contributed by atoms with Gasteiger partial charge in [0, 0.05) is 21.2 Å². The summed E-state index contributed by atoms with van der Waals surface area (Å²) in [6, 6.07) is 7.59. The molecule has 0 spiro atoms. The van der Waals surface area contributed by atoms with E-state index in [1.54, 1.807) is 0 Å². The fraction of sp³-hybridized carbons (Fsp3) is 0.500. The van der Waals surface area contributed by atoms with Crippen molar-refractivity contribution in [1.29, 1.82) is 0 Å². The topological polar surface area (TPSA) is 43.1 Å². The van der Waals surface area contributed by atoms with E-state index in [1.165, 1.54) is 0 Å². The van der Waals surface area contributed by atoms with E-state index in [2.05, 4.69) is 29.8 Å². The van der Waals surface area contributed by atoms with Crippen LogP contribution in [-0.2, 0) is 10.8 Å². The Morgan fingerprint density at radius 3 is 2.75 bits per heavy atom. The zero-order chi connectivity index (χ0) is 12.1. The normalized spacial score (nSPS) is 16.8. The van der Waals surface area contributed by atoms with Gasteiger partial charge in [0.2, 0.25) is 0 Å². The number of hydrogen-bond donors (Lipinski definition) is 1. The third-order valence-electron chi connectivity index (χ3n) is 2.78. The maximum atomic E-state index is 12.0. The van der Waals surface area contributed by atoms with Crippen molar-refractivity contribution in [3.8, 4) is 0 Å². The molecule has 4 heteroatoms. The van der Waals surface area contributed by atoms with Gasteiger partial charge in [0.25, 0.3) is 0 Å². The molecule has 3 unspecified atom stereocenters. The molecule has 0 amide bonds. The van der Waals surface area contributed by atoms with Gasteiger partial charge in [-0.3, -0.25) is 4.21 Å². The molecule has 0 saturated carbocycles. The second-order valence-electron chi connectivity index (χ2n) is 4.02. The van der Waals surface area contributed by atoms with E-state index < -0.39 is 10.8 Å². The van der Waals surface area contributed by atoms with Crippen LogP contribution >= 0.6 is 15.9 Å². The summed E-state index contributed by atoms with van der Waals surface area (Å²) in [6.45, 7) is 4.20. The van der Waals surface area contributed by atoms with Crippen LogP contribution in [0.15, 0.2) is 33.6 Å². The van der Waals surface area contributed by atoms with E-state index in [0.717, 1.165) is 15.8 Å². The SMILES string of the molecule is CCC(C)C(N)CS(=O)c1cccc(Br)c1. The number of halogens is 1. The van der Waals surface area contributed by atoms with Gasteiger partial charge >= 0.3 is 0 Å². The van der Waals surface area contributed by atoms with Crippen molar-refractivity contribution < 1.29 is 4.21 Å². The number of benzene rings is 1. The van der Waals surface area contributed by atoms with Crippen LogP contribution in [0, 0.1) is 5.92 Å². The first-order valence-corrected chi connectivity index (χ1v) is 7.55. The monoisotopic (exact) mass is 303 g/mol. The number of nitrogens with two attached hydrogens (primary N) is 1. The summed E-state index contributed by atoms with van der Waals surface area (Å²) in [6.07, 6.45) is 1.02. The Hall–Kier alpha value is -0.190. The van der Waals surface area contributed by atoms with E-state index in [9.17, 15) is 4.21 Å². The maximum absolute atomic E-state index is 12.0. The average molecular weight is 304 g/mol. The van der Waals surface area contributed by atoms with Gasteiger partial charge in [0.15, 0.2) is 0 Å². The maximum Gasteiger partial charge on any atom is 0.0545 e. The molecule has 0 saturated heterocycles. The molecule has 0 aliphatic heterocycles. The van der Waals surface area contributed by atoms with E-state index in [-0.39, 0.29) is 6.04 Å². The van der Waals surface area contributed by atoms with Crippen LogP contribution in [0.1, 0.15) is 20.3 Å². The van der Waals surface area contributed by atoms with Crippen molar-refractivity contribution in [2.75, 3.05) is 5.75 Å². The molecule has 90 valence electrons. The molecule has 0 aliphatic carbocycles. The van der Waals surface area contributed by atoms with Crippen LogP contribution in [0.3, 0.4) is 0 Å². The molecule has 3 atom stereocenters. The van der Waals surface area contributed by atoms with Crippen molar-refractivity contribution >= 4 is 26.7 Å². The first-order valence-electron chi connectivity index (χ1n) is 5.44. The Morgan fingerprint density at radius 1 is 1.50 bits per heavy atom. The largest absolute Gasteiger partial charge is 0.327 e. The Balaban J connectivity index is 2.66. The molecule has 2 N–H and O–H groups in total. The van der Waals surface area contributed by atoms with Crippen molar-refractivity contribution in [1.82, 2.24) is 0 Å². The molecular formula is C12H18BrNOS. The average Bonchev–Trinajstić information content (AvgIpc) is 2.27. The van der Waals surface area contributed by atoms with Crippen LogP contribution < -0.4 is 5.73 Å². The standard InChI is InChI=1S/C12H18BrNOS/c1-3-9(2)12(14)8-16(15)11-6-4-5-10(13)7-11/h4-7,9,12H,3,8,14H2,1-2H3. The number of rotatable bonds is 5. The van der Waals surface area contributed by atoms with Gasteiger partial charge < -0.3 is 5.73 Å². The van der Waals surface area contributed by atoms with Crippen molar-refractivity contribution in [2.45, 2.75) is 31.2 Å². The Morgan fingerprint density at radius 2 is 2.19 bits per heavy atom. The summed E-state index contributed by atoms with van der Waals surface area (Å²) in [7, 11) is -1.00. The first-order chi connectivity index (χ1) is 7.54. The Bertz CT molecular complexity index is 370. The van der Waals surface area contributed by atoms with Gasteiger partial charge in [0.1, 0.15) is 0 Å². The molecule has 16 heavy (non-hydrogen) atoms. The quantitative estimate of drug-likeness (QED) is 0.909. The highest BCUT2D eigenvalue weighted by Crippen LogP contribution is 2.16. The molecule has 2 nitrogen and oxygen atoms in total. The van der Waals surface area contributed by atoms with Crippen LogP contribution in [-0.4, -0.2) is 16.0 Å². The lowest BCUT2D eigenvalue weighted by atomic mass is 10.0. The molecule has 0 aromatic heterocycles. The lowest BCUT2D eigenvalue weighted by molar-refractivity contribution is 0.472. The minimum atomic E-state index is -1.00. The van der Waals surface area contributed by atoms with Gasteiger partial charge in [-0.2, -0.15) is 0 Å². The molecule has 1 aromatic rings. The third kappa shape index (κ3) is 4.00. The lowest BCUT2D eigenvalue weighted by Gasteiger charge is -2.17. The predicted molar refractivity (Wildman–Crippen MR) is 72.8 cm³/mol. The third-order valence-corrected chi connectivity index (χ3v) is 4.74. The minimum absolute atomic E-state index is 0.00446. The van der Waals surface area contributed by atoms with Crippen LogP contribution in [0.25, 0.3) is 0 Å². The van der Waals surface area contributed by atoms with Gasteiger partial charge in [-0.15, -0.1) is 0 Å². The predicted octanol–water partition coefficient (Wildman–Crippen LogP) is 2.93. The van der Waals surface area contributed by atoms with Crippen LogP contribution in [0.2, 0.25) is 0 Å². The van der Waals surface area contributed by atoms with Gasteiger partial charge in [0.05, 0.1) is 10.8 Å². The van der Waals surface area contributed by atoms with E-state index >= 15 is 0 Å². The molecule has 0 fully saturated rings. The highest BCUT2D eigenvalue weighted by Gasteiger charge is 2.15. The van der Waals surface area contributed by atoms with Crippen molar-refractivity contribution in [3.63, 3.8) is 0 Å². The zero-order valence-electron chi connectivity index (χ0n) is 9.65. The molecule has 1 aromatic carbocycles.